The van der Waals surface area contributed by atoms with Crippen LogP contribution in [0.25, 0.3) is 0 Å². The molecule has 0 spiro atoms. The maximum Gasteiger partial charge on any atom is 0.295 e. The Hall–Kier alpha value is -0.730. The van der Waals surface area contributed by atoms with E-state index in [1.165, 1.54) is 0 Å². The van der Waals surface area contributed by atoms with E-state index in [2.05, 4.69) is 4.74 Å². The summed E-state index contributed by atoms with van der Waals surface area (Å²) in [4.78, 5) is 10.0. The van der Waals surface area contributed by atoms with Gasteiger partial charge in [-0.05, 0) is 0 Å². The fourth-order valence-corrected chi connectivity index (χ4v) is 1.09. The minimum atomic E-state index is -1.58. The van der Waals surface area contributed by atoms with Gasteiger partial charge in [0, 0.05) is 5.56 Å². The molecule has 0 atom stereocenters. The molecule has 0 aliphatic carbocycles. The van der Waals surface area contributed by atoms with Crippen molar-refractivity contribution in [2.45, 2.75) is 4.52 Å². The van der Waals surface area contributed by atoms with E-state index >= 15 is 0 Å². The molecule has 0 heterocycles. The number of ether oxygens (including phenoxy) is 1. The Kier molecular flexibility index (Phi) is 2.95. The minimum absolute atomic E-state index is 0.215. The predicted octanol–water partition coefficient (Wildman–Crippen LogP) is 2.45. The van der Waals surface area contributed by atoms with Crippen LogP contribution < -0.4 is 0 Å². The Morgan fingerprint density at radius 2 is 1.83 bits per heavy atom. The number of hydrogen-bond acceptors (Lipinski definition) is 2. The summed E-state index contributed by atoms with van der Waals surface area (Å²) in [7, 11) is 0. The lowest BCUT2D eigenvalue weighted by Crippen LogP contribution is -2.13. The maximum absolute atomic E-state index is 10.0. The molecule has 1 aromatic carbocycles. The Morgan fingerprint density at radius 3 is 2.33 bits per heavy atom. The lowest BCUT2D eigenvalue weighted by atomic mass is 10.2. The smallest absolute Gasteiger partial charge is 0.295 e. The van der Waals surface area contributed by atoms with E-state index in [4.69, 9.17) is 23.2 Å². The zero-order valence-corrected chi connectivity index (χ0v) is 7.55. The van der Waals surface area contributed by atoms with Crippen LogP contribution in [0.5, 0.6) is 0 Å². The summed E-state index contributed by atoms with van der Waals surface area (Å²) in [5.41, 5.74) is 0.528. The molecule has 0 radical (unpaired) electrons. The van der Waals surface area contributed by atoms with Gasteiger partial charge < -0.3 is 4.74 Å². The molecule has 0 fully saturated rings. The molecule has 0 saturated carbocycles. The highest BCUT2D eigenvalue weighted by molar-refractivity contribution is 6.47. The highest BCUT2D eigenvalue weighted by Crippen LogP contribution is 2.33. The molecule has 0 bridgehead atoms. The van der Waals surface area contributed by atoms with Gasteiger partial charge in [0.1, 0.15) is 0 Å². The summed E-state index contributed by atoms with van der Waals surface area (Å²) in [6.45, 7) is 0.215. The van der Waals surface area contributed by atoms with Crippen molar-refractivity contribution >= 4 is 29.7 Å². The molecular weight excluding hydrogens is 199 g/mol. The Labute approximate surface area is 80.0 Å². The van der Waals surface area contributed by atoms with E-state index in [0.717, 1.165) is 0 Å². The first-order valence-electron chi connectivity index (χ1n) is 3.21. The van der Waals surface area contributed by atoms with Crippen molar-refractivity contribution in [3.63, 3.8) is 0 Å². The largest absolute Gasteiger partial charge is 0.426 e. The van der Waals surface area contributed by atoms with E-state index in [9.17, 15) is 4.79 Å². The van der Waals surface area contributed by atoms with E-state index in [1.807, 2.05) is 6.07 Å². The second kappa shape index (κ2) is 3.78. The van der Waals surface area contributed by atoms with Gasteiger partial charge in [0.25, 0.3) is 11.0 Å². The highest BCUT2D eigenvalue weighted by Gasteiger charge is 2.27. The highest BCUT2D eigenvalue weighted by atomic mass is 35.5. The van der Waals surface area contributed by atoms with Gasteiger partial charge in [-0.2, -0.15) is 0 Å². The van der Waals surface area contributed by atoms with Crippen LogP contribution in [0.2, 0.25) is 0 Å². The van der Waals surface area contributed by atoms with Crippen LogP contribution in [0.1, 0.15) is 5.56 Å². The number of rotatable bonds is 3. The summed E-state index contributed by atoms with van der Waals surface area (Å²) in [5, 5.41) is 0. The zero-order chi connectivity index (χ0) is 9.03. The van der Waals surface area contributed by atoms with Crippen LogP contribution in [0, 0.1) is 0 Å². The van der Waals surface area contributed by atoms with E-state index in [-0.39, 0.29) is 6.47 Å². The van der Waals surface area contributed by atoms with Gasteiger partial charge in [0.05, 0.1) is 0 Å². The van der Waals surface area contributed by atoms with Crippen LogP contribution in [0.3, 0.4) is 0 Å². The normalized spacial score (nSPS) is 10.8. The summed E-state index contributed by atoms with van der Waals surface area (Å²) >= 11 is 11.3. The van der Waals surface area contributed by atoms with Crippen molar-refractivity contribution in [1.82, 2.24) is 0 Å². The fourth-order valence-electron chi connectivity index (χ4n) is 0.761. The van der Waals surface area contributed by atoms with Crippen LogP contribution >= 0.6 is 23.2 Å². The lowest BCUT2D eigenvalue weighted by molar-refractivity contribution is -0.132. The third kappa shape index (κ3) is 2.13. The van der Waals surface area contributed by atoms with Crippen LogP contribution in [0.4, 0.5) is 0 Å². The molecule has 0 aromatic heterocycles. The second-order valence-corrected chi connectivity index (χ2v) is 3.35. The molecule has 0 aliphatic rings. The molecule has 0 aliphatic heterocycles. The van der Waals surface area contributed by atoms with Gasteiger partial charge >= 0.3 is 0 Å². The first kappa shape index (κ1) is 9.36. The first-order chi connectivity index (χ1) is 5.67. The second-order valence-electron chi connectivity index (χ2n) is 2.10. The lowest BCUT2D eigenvalue weighted by Gasteiger charge is -2.16. The molecule has 0 N–H and O–H groups in total. The number of halogens is 2. The molecule has 12 heavy (non-hydrogen) atoms. The van der Waals surface area contributed by atoms with Gasteiger partial charge in [0.2, 0.25) is 0 Å². The fraction of sp³-hybridized carbons (Fsp3) is 0.125. The number of carbonyl (C=O) groups is 1. The van der Waals surface area contributed by atoms with Crippen molar-refractivity contribution in [2.24, 2.45) is 0 Å². The van der Waals surface area contributed by atoms with Crippen molar-refractivity contribution in [2.75, 3.05) is 0 Å². The SMILES string of the molecule is O=COC(Cl)(Cl)c1ccccc1. The molecular formula is C8H6Cl2O2. The molecule has 64 valence electrons. The molecule has 2 nitrogen and oxygen atoms in total. The van der Waals surface area contributed by atoms with Crippen molar-refractivity contribution < 1.29 is 9.53 Å². The summed E-state index contributed by atoms with van der Waals surface area (Å²) in [6.07, 6.45) is 0. The first-order valence-corrected chi connectivity index (χ1v) is 3.97. The maximum atomic E-state index is 10.0. The molecule has 0 amide bonds. The van der Waals surface area contributed by atoms with Crippen LogP contribution in [-0.4, -0.2) is 6.47 Å². The zero-order valence-electron chi connectivity index (χ0n) is 6.04. The van der Waals surface area contributed by atoms with E-state index in [1.54, 1.807) is 24.3 Å². The van der Waals surface area contributed by atoms with Gasteiger partial charge in [-0.1, -0.05) is 53.5 Å². The quantitative estimate of drug-likeness (QED) is 0.559. The third-order valence-corrected chi connectivity index (χ3v) is 1.92. The molecule has 0 unspecified atom stereocenters. The number of hydrogen-bond donors (Lipinski definition) is 0. The molecule has 1 aromatic rings. The van der Waals surface area contributed by atoms with Crippen LogP contribution in [0.15, 0.2) is 30.3 Å². The minimum Gasteiger partial charge on any atom is -0.426 e. The Bertz CT molecular complexity index is 259. The summed E-state index contributed by atoms with van der Waals surface area (Å²) in [6, 6.07) is 8.66. The van der Waals surface area contributed by atoms with Crippen molar-refractivity contribution in [1.29, 1.82) is 0 Å². The van der Waals surface area contributed by atoms with Crippen LogP contribution in [-0.2, 0) is 14.1 Å². The molecule has 0 saturated heterocycles. The topological polar surface area (TPSA) is 26.3 Å². The van der Waals surface area contributed by atoms with Gasteiger partial charge in [-0.15, -0.1) is 0 Å². The Balaban J connectivity index is 2.89. The van der Waals surface area contributed by atoms with Gasteiger partial charge in [-0.3, -0.25) is 4.79 Å². The monoisotopic (exact) mass is 204 g/mol. The predicted molar refractivity (Wildman–Crippen MR) is 47.0 cm³/mol. The van der Waals surface area contributed by atoms with Crippen molar-refractivity contribution in [3.05, 3.63) is 35.9 Å². The average molecular weight is 205 g/mol. The summed E-state index contributed by atoms with van der Waals surface area (Å²) in [5.74, 6) is 0. The number of carbonyl (C=O) groups excluding carboxylic acids is 1. The Morgan fingerprint density at radius 1 is 1.25 bits per heavy atom. The number of benzene rings is 1. The molecule has 1 rings (SSSR count). The number of alkyl halides is 2. The average Bonchev–Trinajstić information content (AvgIpc) is 2.06. The van der Waals surface area contributed by atoms with E-state index < -0.39 is 4.52 Å². The van der Waals surface area contributed by atoms with E-state index in [0.29, 0.717) is 5.56 Å². The van der Waals surface area contributed by atoms with Gasteiger partial charge in [-0.25, -0.2) is 0 Å². The molecule has 4 heteroatoms. The van der Waals surface area contributed by atoms with Crippen molar-refractivity contribution in [3.8, 4) is 0 Å². The standard InChI is InChI=1S/C8H6Cl2O2/c9-8(10,12-6-11)7-4-2-1-3-5-7/h1-6H. The van der Waals surface area contributed by atoms with Gasteiger partial charge in [0.15, 0.2) is 0 Å². The third-order valence-electron chi connectivity index (χ3n) is 1.31. The summed E-state index contributed by atoms with van der Waals surface area (Å²) < 4.78 is 2.89.